The lowest BCUT2D eigenvalue weighted by Crippen LogP contribution is -2.00. The highest BCUT2D eigenvalue weighted by Gasteiger charge is 2.10. The Kier molecular flexibility index (Phi) is 3.62. The van der Waals surface area contributed by atoms with Crippen molar-refractivity contribution >= 4 is 11.0 Å². The molecule has 1 heterocycles. The summed E-state index contributed by atoms with van der Waals surface area (Å²) in [5.74, 6) is -0.0860. The molecule has 128 valence electrons. The molecule has 0 bridgehead atoms. The Bertz CT molecular complexity index is 1190. The van der Waals surface area contributed by atoms with Crippen molar-refractivity contribution in [1.82, 2.24) is 0 Å². The summed E-state index contributed by atoms with van der Waals surface area (Å²) in [4.78, 5) is 12.6. The molecule has 5 nitrogen and oxygen atoms in total. The van der Waals surface area contributed by atoms with E-state index in [0.29, 0.717) is 22.3 Å². The first-order valence-corrected chi connectivity index (χ1v) is 7.91. The first-order chi connectivity index (χ1) is 12.5. The Morgan fingerprint density at radius 3 is 2.23 bits per heavy atom. The molecule has 0 aliphatic rings. The van der Waals surface area contributed by atoms with E-state index < -0.39 is 0 Å². The number of phenols is 3. The summed E-state index contributed by atoms with van der Waals surface area (Å²) in [7, 11) is 0. The third kappa shape index (κ3) is 2.75. The largest absolute Gasteiger partial charge is 0.508 e. The summed E-state index contributed by atoms with van der Waals surface area (Å²) in [6.45, 7) is 0. The Morgan fingerprint density at radius 1 is 0.692 bits per heavy atom. The maximum absolute atomic E-state index is 12.6. The average molecular weight is 346 g/mol. The van der Waals surface area contributed by atoms with E-state index in [-0.39, 0.29) is 22.7 Å². The summed E-state index contributed by atoms with van der Waals surface area (Å²) in [6, 6.07) is 17.6. The van der Waals surface area contributed by atoms with Crippen LogP contribution >= 0.6 is 0 Å². The van der Waals surface area contributed by atoms with Gasteiger partial charge in [0, 0.05) is 11.6 Å². The van der Waals surface area contributed by atoms with Crippen LogP contribution in [0.15, 0.2) is 75.9 Å². The molecule has 4 aromatic rings. The maximum Gasteiger partial charge on any atom is 0.193 e. The van der Waals surface area contributed by atoms with Crippen molar-refractivity contribution < 1.29 is 19.7 Å². The van der Waals surface area contributed by atoms with Gasteiger partial charge >= 0.3 is 0 Å². The summed E-state index contributed by atoms with van der Waals surface area (Å²) in [6.07, 6.45) is 0. The van der Waals surface area contributed by atoms with Crippen molar-refractivity contribution in [1.29, 1.82) is 0 Å². The van der Waals surface area contributed by atoms with E-state index in [9.17, 15) is 20.1 Å². The van der Waals surface area contributed by atoms with E-state index in [1.807, 2.05) is 6.07 Å². The van der Waals surface area contributed by atoms with Crippen LogP contribution in [0.4, 0.5) is 0 Å². The minimum atomic E-state index is -0.288. The van der Waals surface area contributed by atoms with Crippen LogP contribution in [0.3, 0.4) is 0 Å². The van der Waals surface area contributed by atoms with Gasteiger partial charge in [-0.05, 0) is 53.6 Å². The Balaban J connectivity index is 1.85. The molecule has 0 atom stereocenters. The number of hydrogen-bond donors (Lipinski definition) is 3. The molecule has 26 heavy (non-hydrogen) atoms. The van der Waals surface area contributed by atoms with Crippen LogP contribution in [0.5, 0.6) is 17.2 Å². The van der Waals surface area contributed by atoms with Crippen molar-refractivity contribution in [3.8, 4) is 39.7 Å². The number of rotatable bonds is 2. The molecule has 0 spiro atoms. The molecule has 0 amide bonds. The monoisotopic (exact) mass is 346 g/mol. The molecular formula is C21H14O5. The minimum Gasteiger partial charge on any atom is -0.508 e. The first-order valence-electron chi connectivity index (χ1n) is 7.91. The van der Waals surface area contributed by atoms with E-state index in [1.54, 1.807) is 42.5 Å². The fourth-order valence-corrected chi connectivity index (χ4v) is 2.84. The van der Waals surface area contributed by atoms with E-state index >= 15 is 0 Å². The predicted octanol–water partition coefficient (Wildman–Crippen LogP) is 4.24. The Labute approximate surface area is 148 Å². The van der Waals surface area contributed by atoms with Crippen molar-refractivity contribution in [2.24, 2.45) is 0 Å². The van der Waals surface area contributed by atoms with Gasteiger partial charge in [-0.1, -0.05) is 18.2 Å². The smallest absolute Gasteiger partial charge is 0.193 e. The van der Waals surface area contributed by atoms with Crippen LogP contribution < -0.4 is 5.43 Å². The molecule has 1 aromatic heterocycles. The molecule has 0 saturated carbocycles. The average Bonchev–Trinajstić information content (AvgIpc) is 2.63. The zero-order valence-electron chi connectivity index (χ0n) is 13.5. The number of aromatic hydroxyl groups is 3. The van der Waals surface area contributed by atoms with Gasteiger partial charge in [0.05, 0.1) is 5.39 Å². The molecule has 0 fully saturated rings. The Hall–Kier alpha value is -3.73. The summed E-state index contributed by atoms with van der Waals surface area (Å²) >= 11 is 0. The van der Waals surface area contributed by atoms with Gasteiger partial charge in [-0.2, -0.15) is 0 Å². The summed E-state index contributed by atoms with van der Waals surface area (Å²) < 4.78 is 5.80. The molecule has 3 aromatic carbocycles. The van der Waals surface area contributed by atoms with Gasteiger partial charge in [0.1, 0.15) is 17.1 Å². The van der Waals surface area contributed by atoms with E-state index in [0.717, 1.165) is 11.1 Å². The number of phenolic OH excluding ortho intramolecular Hbond substituents is 3. The maximum atomic E-state index is 12.6. The first kappa shape index (κ1) is 15.8. The molecule has 5 heteroatoms. The molecule has 4 rings (SSSR count). The number of benzene rings is 3. The lowest BCUT2D eigenvalue weighted by molar-refractivity contribution is 0.404. The molecule has 0 aliphatic heterocycles. The highest BCUT2D eigenvalue weighted by Crippen LogP contribution is 2.32. The van der Waals surface area contributed by atoms with Gasteiger partial charge in [-0.3, -0.25) is 4.79 Å². The van der Waals surface area contributed by atoms with E-state index in [4.69, 9.17) is 4.42 Å². The zero-order valence-corrected chi connectivity index (χ0v) is 13.5. The van der Waals surface area contributed by atoms with Crippen LogP contribution in [0.1, 0.15) is 0 Å². The van der Waals surface area contributed by atoms with E-state index in [1.165, 1.54) is 18.2 Å². The quantitative estimate of drug-likeness (QED) is 0.472. The van der Waals surface area contributed by atoms with E-state index in [2.05, 4.69) is 0 Å². The van der Waals surface area contributed by atoms with Gasteiger partial charge in [0.2, 0.25) is 0 Å². The van der Waals surface area contributed by atoms with Crippen LogP contribution in [0, 0.1) is 0 Å². The van der Waals surface area contributed by atoms with Gasteiger partial charge in [0.15, 0.2) is 16.9 Å². The second kappa shape index (κ2) is 5.97. The van der Waals surface area contributed by atoms with Crippen molar-refractivity contribution in [2.45, 2.75) is 0 Å². The SMILES string of the molecule is O=c1cc(-c2ccc(O)c(O)c2)oc2ccc(-c3cccc(O)c3)cc12. The highest BCUT2D eigenvalue weighted by atomic mass is 16.3. The van der Waals surface area contributed by atoms with Gasteiger partial charge in [-0.15, -0.1) is 0 Å². The third-order valence-corrected chi connectivity index (χ3v) is 4.17. The zero-order chi connectivity index (χ0) is 18.3. The standard InChI is InChI=1S/C21H14O5/c22-15-3-1-2-12(8-15)13-5-7-20-16(9-13)18(24)11-21(26-20)14-4-6-17(23)19(25)10-14/h1-11,22-23,25H. The number of hydrogen-bond acceptors (Lipinski definition) is 5. The topological polar surface area (TPSA) is 90.9 Å². The second-order valence-electron chi connectivity index (χ2n) is 5.94. The third-order valence-electron chi connectivity index (χ3n) is 4.17. The molecule has 0 radical (unpaired) electrons. The molecule has 0 unspecified atom stereocenters. The lowest BCUT2D eigenvalue weighted by atomic mass is 10.0. The molecule has 3 N–H and O–H groups in total. The van der Waals surface area contributed by atoms with Gasteiger partial charge in [-0.25, -0.2) is 0 Å². The van der Waals surface area contributed by atoms with Crippen molar-refractivity contribution in [3.63, 3.8) is 0 Å². The fourth-order valence-electron chi connectivity index (χ4n) is 2.84. The summed E-state index contributed by atoms with van der Waals surface area (Å²) in [5, 5.41) is 29.1. The van der Waals surface area contributed by atoms with Crippen molar-refractivity contribution in [2.75, 3.05) is 0 Å². The minimum absolute atomic E-state index is 0.150. The number of fused-ring (bicyclic) bond motifs is 1. The lowest BCUT2D eigenvalue weighted by Gasteiger charge is -2.07. The highest BCUT2D eigenvalue weighted by molar-refractivity contribution is 5.84. The van der Waals surface area contributed by atoms with Gasteiger partial charge in [0.25, 0.3) is 0 Å². The summed E-state index contributed by atoms with van der Waals surface area (Å²) in [5.41, 5.74) is 2.24. The van der Waals surface area contributed by atoms with Crippen LogP contribution in [0.2, 0.25) is 0 Å². The Morgan fingerprint density at radius 2 is 1.46 bits per heavy atom. The second-order valence-corrected chi connectivity index (χ2v) is 5.94. The van der Waals surface area contributed by atoms with Crippen LogP contribution in [-0.4, -0.2) is 15.3 Å². The van der Waals surface area contributed by atoms with Crippen LogP contribution in [-0.2, 0) is 0 Å². The molecular weight excluding hydrogens is 332 g/mol. The van der Waals surface area contributed by atoms with Crippen molar-refractivity contribution in [3.05, 3.63) is 77.0 Å². The normalized spacial score (nSPS) is 10.9. The molecule has 0 aliphatic carbocycles. The van der Waals surface area contributed by atoms with Crippen LogP contribution in [0.25, 0.3) is 33.4 Å². The van der Waals surface area contributed by atoms with Gasteiger partial charge < -0.3 is 19.7 Å². The fraction of sp³-hybridized carbons (Fsp3) is 0. The predicted molar refractivity (Wildman–Crippen MR) is 98.4 cm³/mol. The molecule has 0 saturated heterocycles.